The number of carbonyl (C=O) groups is 2. The number of Topliss-reactive ketones (excluding diaryl/α,β-unsaturated/α-hetero) is 1. The van der Waals surface area contributed by atoms with Crippen LogP contribution in [0.1, 0.15) is 48.7 Å². The number of rotatable bonds is 9. The second-order valence-electron chi connectivity index (χ2n) is 9.24. The molecule has 1 fully saturated rings. The third kappa shape index (κ3) is 5.82. The smallest absolute Gasteiger partial charge is 0.227 e. The zero-order valence-electron chi connectivity index (χ0n) is 21.0. The van der Waals surface area contributed by atoms with E-state index >= 15 is 4.39 Å². The number of hydrogen-bond acceptors (Lipinski definition) is 4. The maximum absolute atomic E-state index is 15.1. The Morgan fingerprint density at radius 2 is 1.47 bits per heavy atom. The molecule has 1 atom stereocenters. The lowest BCUT2D eigenvalue weighted by Gasteiger charge is -2.40. The first kappa shape index (κ1) is 25.6. The zero-order chi connectivity index (χ0) is 25.5. The monoisotopic (exact) mass is 487 g/mol. The lowest BCUT2D eigenvalue weighted by molar-refractivity contribution is -0.120. The van der Waals surface area contributed by atoms with Crippen molar-refractivity contribution < 1.29 is 14.0 Å². The predicted molar refractivity (Wildman–Crippen MR) is 143 cm³/mol. The molecule has 0 saturated carbocycles. The topological polar surface area (TPSA) is 52.7 Å². The van der Waals surface area contributed by atoms with Crippen molar-refractivity contribution in [3.8, 4) is 0 Å². The molecule has 36 heavy (non-hydrogen) atoms. The van der Waals surface area contributed by atoms with Crippen molar-refractivity contribution in [2.75, 3.05) is 36.4 Å². The lowest BCUT2D eigenvalue weighted by Crippen LogP contribution is -2.49. The Balaban J connectivity index is 1.46. The summed E-state index contributed by atoms with van der Waals surface area (Å²) in [5.74, 6) is -0.433. The number of benzene rings is 3. The summed E-state index contributed by atoms with van der Waals surface area (Å²) in [6.45, 7) is 6.42. The molecule has 1 N–H and O–H groups in total. The summed E-state index contributed by atoms with van der Waals surface area (Å²) < 4.78 is 15.1. The highest BCUT2D eigenvalue weighted by molar-refractivity contribution is 6.00. The van der Waals surface area contributed by atoms with Gasteiger partial charge in [0.15, 0.2) is 5.78 Å². The van der Waals surface area contributed by atoms with Gasteiger partial charge in [-0.2, -0.15) is 0 Å². The Morgan fingerprint density at radius 3 is 2.06 bits per heavy atom. The Hall–Kier alpha value is -3.51. The molecule has 0 spiro atoms. The molecule has 0 aliphatic carbocycles. The average molecular weight is 488 g/mol. The maximum Gasteiger partial charge on any atom is 0.227 e. The fourth-order valence-corrected chi connectivity index (χ4v) is 4.89. The van der Waals surface area contributed by atoms with Crippen molar-refractivity contribution in [2.24, 2.45) is 5.92 Å². The van der Waals surface area contributed by atoms with Crippen LogP contribution in [0, 0.1) is 11.7 Å². The van der Waals surface area contributed by atoms with Crippen LogP contribution in [-0.4, -0.2) is 42.8 Å². The number of amides is 1. The van der Waals surface area contributed by atoms with E-state index in [2.05, 4.69) is 10.2 Å². The van der Waals surface area contributed by atoms with E-state index in [0.717, 1.165) is 18.4 Å². The third-order valence-corrected chi connectivity index (χ3v) is 7.01. The molecule has 1 aliphatic heterocycles. The molecule has 4 rings (SSSR count). The summed E-state index contributed by atoms with van der Waals surface area (Å²) >= 11 is 0. The van der Waals surface area contributed by atoms with Crippen molar-refractivity contribution in [3.63, 3.8) is 0 Å². The first-order chi connectivity index (χ1) is 17.5. The van der Waals surface area contributed by atoms with Crippen LogP contribution in [0.25, 0.3) is 0 Å². The second kappa shape index (κ2) is 12.0. The number of hydrogen-bond donors (Lipinski definition) is 1. The van der Waals surface area contributed by atoms with Gasteiger partial charge in [-0.15, -0.1) is 0 Å². The Labute approximate surface area is 212 Å². The first-order valence-corrected chi connectivity index (χ1v) is 12.8. The molecule has 5 nitrogen and oxygen atoms in total. The van der Waals surface area contributed by atoms with Crippen molar-refractivity contribution in [3.05, 3.63) is 95.8 Å². The van der Waals surface area contributed by atoms with E-state index in [0.29, 0.717) is 43.1 Å². The second-order valence-corrected chi connectivity index (χ2v) is 9.24. The van der Waals surface area contributed by atoms with E-state index in [1.54, 1.807) is 12.1 Å². The Kier molecular flexibility index (Phi) is 8.49. The summed E-state index contributed by atoms with van der Waals surface area (Å²) in [6.07, 6.45) is 1.51. The van der Waals surface area contributed by atoms with Gasteiger partial charge >= 0.3 is 0 Å². The van der Waals surface area contributed by atoms with Crippen LogP contribution in [0.3, 0.4) is 0 Å². The van der Waals surface area contributed by atoms with Gasteiger partial charge in [-0.25, -0.2) is 4.39 Å². The minimum atomic E-state index is -0.386. The fraction of sp³-hybridized carbons (Fsp3) is 0.333. The first-order valence-electron chi connectivity index (χ1n) is 12.8. The van der Waals surface area contributed by atoms with Crippen molar-refractivity contribution in [1.29, 1.82) is 0 Å². The van der Waals surface area contributed by atoms with E-state index in [-0.39, 0.29) is 29.5 Å². The van der Waals surface area contributed by atoms with Gasteiger partial charge in [0.05, 0.1) is 11.7 Å². The summed E-state index contributed by atoms with van der Waals surface area (Å²) in [6, 6.07) is 23.7. The van der Waals surface area contributed by atoms with E-state index < -0.39 is 0 Å². The number of nitrogens with one attached hydrogen (secondary N) is 1. The van der Waals surface area contributed by atoms with Crippen LogP contribution in [-0.2, 0) is 4.79 Å². The summed E-state index contributed by atoms with van der Waals surface area (Å²) in [5, 5.41) is 2.84. The van der Waals surface area contributed by atoms with Gasteiger partial charge in [0, 0.05) is 43.3 Å². The highest BCUT2D eigenvalue weighted by Crippen LogP contribution is 2.29. The highest BCUT2D eigenvalue weighted by atomic mass is 19.1. The largest absolute Gasteiger partial charge is 0.367 e. The maximum atomic E-state index is 15.1. The summed E-state index contributed by atoms with van der Waals surface area (Å²) in [7, 11) is 0. The average Bonchev–Trinajstić information content (AvgIpc) is 2.91. The van der Waals surface area contributed by atoms with Gasteiger partial charge in [-0.1, -0.05) is 74.5 Å². The van der Waals surface area contributed by atoms with Gasteiger partial charge in [0.25, 0.3) is 0 Å². The van der Waals surface area contributed by atoms with Gasteiger partial charge in [-0.3, -0.25) is 14.5 Å². The molecular formula is C30H34FN3O2. The molecule has 1 unspecified atom stereocenters. The van der Waals surface area contributed by atoms with Crippen LogP contribution < -0.4 is 10.2 Å². The zero-order valence-corrected chi connectivity index (χ0v) is 21.0. The van der Waals surface area contributed by atoms with Crippen LogP contribution in [0.4, 0.5) is 15.8 Å². The van der Waals surface area contributed by atoms with Gasteiger partial charge in [0.1, 0.15) is 5.82 Å². The minimum absolute atomic E-state index is 0.0685. The lowest BCUT2D eigenvalue weighted by atomic mass is 9.95. The number of piperazine rings is 1. The van der Waals surface area contributed by atoms with E-state index in [1.165, 1.54) is 6.07 Å². The standard InChI is InChI=1S/C30H34FN3O2/c1-3-22(4-2)30(36)32-25-15-16-27(26(31)21-25)33-17-19-34(20-18-33)28(23-11-7-5-8-12-23)29(35)24-13-9-6-10-14-24/h5-16,21-22,28H,3-4,17-20H2,1-2H3,(H,32,36). The molecule has 0 radical (unpaired) electrons. The SMILES string of the molecule is CCC(CC)C(=O)Nc1ccc(N2CCN(C(C(=O)c3ccccc3)c3ccccc3)CC2)c(F)c1. The quantitative estimate of drug-likeness (QED) is 0.379. The molecule has 1 heterocycles. The Bertz CT molecular complexity index is 1160. The molecule has 188 valence electrons. The molecular weight excluding hydrogens is 453 g/mol. The minimum Gasteiger partial charge on any atom is -0.367 e. The van der Waals surface area contributed by atoms with Gasteiger partial charge in [0.2, 0.25) is 5.91 Å². The summed E-state index contributed by atoms with van der Waals surface area (Å²) in [4.78, 5) is 30.1. The van der Waals surface area contributed by atoms with Crippen molar-refractivity contribution >= 4 is 23.1 Å². The van der Waals surface area contributed by atoms with Gasteiger partial charge in [-0.05, 0) is 36.6 Å². The molecule has 1 aliphatic rings. The van der Waals surface area contributed by atoms with E-state index in [1.807, 2.05) is 79.4 Å². The summed E-state index contributed by atoms with van der Waals surface area (Å²) in [5.41, 5.74) is 2.64. The molecule has 1 amide bonds. The van der Waals surface area contributed by atoms with Crippen LogP contribution in [0.2, 0.25) is 0 Å². The molecule has 0 bridgehead atoms. The fourth-order valence-electron chi connectivity index (χ4n) is 4.89. The number of anilines is 2. The molecule has 1 saturated heterocycles. The van der Waals surface area contributed by atoms with E-state index in [9.17, 15) is 9.59 Å². The van der Waals surface area contributed by atoms with Gasteiger partial charge < -0.3 is 10.2 Å². The number of nitrogens with zero attached hydrogens (tertiary/aromatic N) is 2. The molecule has 0 aromatic heterocycles. The van der Waals surface area contributed by atoms with Crippen LogP contribution in [0.5, 0.6) is 0 Å². The van der Waals surface area contributed by atoms with Crippen molar-refractivity contribution in [2.45, 2.75) is 32.7 Å². The van der Waals surface area contributed by atoms with Crippen LogP contribution in [0.15, 0.2) is 78.9 Å². The highest BCUT2D eigenvalue weighted by Gasteiger charge is 2.31. The molecule has 6 heteroatoms. The number of halogens is 1. The van der Waals surface area contributed by atoms with Crippen LogP contribution >= 0.6 is 0 Å². The number of carbonyl (C=O) groups excluding carboxylic acids is 2. The van der Waals surface area contributed by atoms with Crippen molar-refractivity contribution in [1.82, 2.24) is 4.90 Å². The normalized spacial score (nSPS) is 15.1. The molecule has 3 aromatic rings. The number of ketones is 1. The third-order valence-electron chi connectivity index (χ3n) is 7.01. The molecule has 3 aromatic carbocycles. The predicted octanol–water partition coefficient (Wildman–Crippen LogP) is 5.95. The Morgan fingerprint density at radius 1 is 0.861 bits per heavy atom. The van der Waals surface area contributed by atoms with E-state index in [4.69, 9.17) is 0 Å².